The molecule has 1 aliphatic carbocycles. The molecule has 1 aromatic rings. The van der Waals surface area contributed by atoms with Gasteiger partial charge in [0, 0.05) is 17.3 Å². The molecule has 0 bridgehead atoms. The van der Waals surface area contributed by atoms with Crippen molar-refractivity contribution < 1.29 is 9.59 Å². The third-order valence-electron chi connectivity index (χ3n) is 3.71. The molecule has 114 valence electrons. The molecule has 5 nitrogen and oxygen atoms in total. The van der Waals surface area contributed by atoms with Crippen molar-refractivity contribution in [3.05, 3.63) is 29.8 Å². The largest absolute Gasteiger partial charge is 0.349 e. The van der Waals surface area contributed by atoms with E-state index in [1.54, 1.807) is 31.3 Å². The number of nitrogens with one attached hydrogen (secondary N) is 3. The Morgan fingerprint density at radius 2 is 1.76 bits per heavy atom. The molecule has 3 N–H and O–H groups in total. The smallest absolute Gasteiger partial charge is 0.251 e. The van der Waals surface area contributed by atoms with Crippen LogP contribution in [0.15, 0.2) is 24.3 Å². The summed E-state index contributed by atoms with van der Waals surface area (Å²) in [4.78, 5) is 23.6. The zero-order valence-electron chi connectivity index (χ0n) is 12.4. The molecule has 0 atom stereocenters. The first-order valence-corrected chi connectivity index (χ1v) is 7.54. The van der Waals surface area contributed by atoms with Gasteiger partial charge in [0.15, 0.2) is 0 Å². The molecule has 0 aliphatic heterocycles. The predicted octanol–water partition coefficient (Wildman–Crippen LogP) is 1.91. The van der Waals surface area contributed by atoms with Gasteiger partial charge in [-0.1, -0.05) is 19.3 Å². The van der Waals surface area contributed by atoms with Crippen molar-refractivity contribution in [3.63, 3.8) is 0 Å². The minimum Gasteiger partial charge on any atom is -0.349 e. The zero-order chi connectivity index (χ0) is 15.1. The lowest BCUT2D eigenvalue weighted by Crippen LogP contribution is -2.36. The van der Waals surface area contributed by atoms with E-state index in [0.717, 1.165) is 12.8 Å². The van der Waals surface area contributed by atoms with Crippen molar-refractivity contribution in [1.29, 1.82) is 0 Å². The maximum Gasteiger partial charge on any atom is 0.251 e. The van der Waals surface area contributed by atoms with E-state index in [-0.39, 0.29) is 18.4 Å². The molecular weight excluding hydrogens is 266 g/mol. The third kappa shape index (κ3) is 4.86. The Morgan fingerprint density at radius 1 is 1.10 bits per heavy atom. The Morgan fingerprint density at radius 3 is 2.38 bits per heavy atom. The van der Waals surface area contributed by atoms with Crippen LogP contribution in [0.3, 0.4) is 0 Å². The molecule has 1 saturated carbocycles. The van der Waals surface area contributed by atoms with Gasteiger partial charge in [-0.3, -0.25) is 9.59 Å². The molecule has 1 fully saturated rings. The number of carbonyl (C=O) groups is 2. The topological polar surface area (TPSA) is 70.2 Å². The molecule has 21 heavy (non-hydrogen) atoms. The second-order valence-electron chi connectivity index (χ2n) is 5.46. The highest BCUT2D eigenvalue weighted by Crippen LogP contribution is 2.18. The zero-order valence-corrected chi connectivity index (χ0v) is 12.4. The number of amides is 2. The van der Waals surface area contributed by atoms with Gasteiger partial charge < -0.3 is 16.0 Å². The summed E-state index contributed by atoms with van der Waals surface area (Å²) in [6, 6.07) is 7.30. The van der Waals surface area contributed by atoms with Crippen molar-refractivity contribution in [2.24, 2.45) is 0 Å². The Kier molecular flexibility index (Phi) is 5.75. The van der Waals surface area contributed by atoms with Crippen molar-refractivity contribution in [3.8, 4) is 0 Å². The predicted molar refractivity (Wildman–Crippen MR) is 83.3 cm³/mol. The third-order valence-corrected chi connectivity index (χ3v) is 3.71. The summed E-state index contributed by atoms with van der Waals surface area (Å²) in [7, 11) is 1.72. The first-order valence-electron chi connectivity index (χ1n) is 7.54. The average Bonchev–Trinajstić information content (AvgIpc) is 2.49. The SMILES string of the molecule is CNCC(=O)Nc1ccc(C(=O)NC2CCCCC2)cc1. The second kappa shape index (κ2) is 7.78. The van der Waals surface area contributed by atoms with E-state index in [4.69, 9.17) is 0 Å². The van der Waals surface area contributed by atoms with Crippen molar-refractivity contribution >= 4 is 17.5 Å². The maximum atomic E-state index is 12.1. The molecule has 0 heterocycles. The summed E-state index contributed by atoms with van der Waals surface area (Å²) in [5, 5.41) is 8.62. The van der Waals surface area contributed by atoms with E-state index in [9.17, 15) is 9.59 Å². The van der Waals surface area contributed by atoms with E-state index in [2.05, 4.69) is 16.0 Å². The molecule has 0 radical (unpaired) electrons. The van der Waals surface area contributed by atoms with Crippen LogP contribution < -0.4 is 16.0 Å². The number of hydrogen-bond acceptors (Lipinski definition) is 3. The van der Waals surface area contributed by atoms with Gasteiger partial charge >= 0.3 is 0 Å². The van der Waals surface area contributed by atoms with Crippen molar-refractivity contribution in [2.45, 2.75) is 38.1 Å². The lowest BCUT2D eigenvalue weighted by atomic mass is 9.95. The highest BCUT2D eigenvalue weighted by atomic mass is 16.2. The van der Waals surface area contributed by atoms with Gasteiger partial charge in [-0.2, -0.15) is 0 Å². The summed E-state index contributed by atoms with van der Waals surface area (Å²) in [5.74, 6) is -0.132. The standard InChI is InChI=1S/C16H23N3O2/c1-17-11-15(20)18-14-9-7-12(8-10-14)16(21)19-13-5-3-2-4-6-13/h7-10,13,17H,2-6,11H2,1H3,(H,18,20)(H,19,21). The number of carbonyl (C=O) groups excluding carboxylic acids is 2. The Bertz CT molecular complexity index is 479. The first-order chi connectivity index (χ1) is 10.2. The molecule has 2 amide bonds. The molecule has 0 spiro atoms. The normalized spacial score (nSPS) is 15.5. The molecular formula is C16H23N3O2. The molecule has 0 aromatic heterocycles. The van der Waals surface area contributed by atoms with Gasteiger partial charge in [0.1, 0.15) is 0 Å². The summed E-state index contributed by atoms with van der Waals surface area (Å²) in [5.41, 5.74) is 1.33. The second-order valence-corrected chi connectivity index (χ2v) is 5.46. The van der Waals surface area contributed by atoms with Gasteiger partial charge in [0.05, 0.1) is 6.54 Å². The molecule has 1 aromatic carbocycles. The van der Waals surface area contributed by atoms with E-state index >= 15 is 0 Å². The average molecular weight is 289 g/mol. The fourth-order valence-electron chi connectivity index (χ4n) is 2.59. The monoisotopic (exact) mass is 289 g/mol. The van der Waals surface area contributed by atoms with Crippen LogP contribution in [0.1, 0.15) is 42.5 Å². The van der Waals surface area contributed by atoms with Gasteiger partial charge in [0.2, 0.25) is 5.91 Å². The summed E-state index contributed by atoms with van der Waals surface area (Å²) < 4.78 is 0. The van der Waals surface area contributed by atoms with Crippen LogP contribution in [0.5, 0.6) is 0 Å². The molecule has 1 aliphatic rings. The van der Waals surface area contributed by atoms with Gasteiger partial charge in [-0.05, 0) is 44.2 Å². The van der Waals surface area contributed by atoms with Crippen molar-refractivity contribution in [1.82, 2.24) is 10.6 Å². The number of benzene rings is 1. The molecule has 0 unspecified atom stereocenters. The van der Waals surface area contributed by atoms with Crippen LogP contribution in [0.4, 0.5) is 5.69 Å². The number of likely N-dealkylation sites (N-methyl/N-ethyl adjacent to an activating group) is 1. The molecule has 2 rings (SSSR count). The Labute approximate surface area is 125 Å². The molecule has 0 saturated heterocycles. The van der Waals surface area contributed by atoms with E-state index in [0.29, 0.717) is 17.3 Å². The Balaban J connectivity index is 1.88. The first kappa shape index (κ1) is 15.5. The lowest BCUT2D eigenvalue weighted by Gasteiger charge is -2.22. The fourth-order valence-corrected chi connectivity index (χ4v) is 2.59. The summed E-state index contributed by atoms with van der Waals surface area (Å²) in [6.07, 6.45) is 5.81. The summed E-state index contributed by atoms with van der Waals surface area (Å²) in [6.45, 7) is 0.268. The number of rotatable bonds is 5. The number of anilines is 1. The fraction of sp³-hybridized carbons (Fsp3) is 0.500. The van der Waals surface area contributed by atoms with Crippen LogP contribution in [0.25, 0.3) is 0 Å². The van der Waals surface area contributed by atoms with Crippen molar-refractivity contribution in [2.75, 3.05) is 18.9 Å². The highest BCUT2D eigenvalue weighted by Gasteiger charge is 2.16. The van der Waals surface area contributed by atoms with Gasteiger partial charge in [-0.25, -0.2) is 0 Å². The minimum atomic E-state index is -0.100. The lowest BCUT2D eigenvalue weighted by molar-refractivity contribution is -0.115. The van der Waals surface area contributed by atoms with Crippen LogP contribution in [0.2, 0.25) is 0 Å². The maximum absolute atomic E-state index is 12.1. The van der Waals surface area contributed by atoms with Crippen LogP contribution in [-0.4, -0.2) is 31.4 Å². The van der Waals surface area contributed by atoms with E-state index in [1.165, 1.54) is 19.3 Å². The van der Waals surface area contributed by atoms with Crippen LogP contribution in [0, 0.1) is 0 Å². The Hall–Kier alpha value is -1.88. The number of hydrogen-bond donors (Lipinski definition) is 3. The summed E-state index contributed by atoms with van der Waals surface area (Å²) >= 11 is 0. The van der Waals surface area contributed by atoms with Crippen LogP contribution >= 0.6 is 0 Å². The van der Waals surface area contributed by atoms with Crippen LogP contribution in [-0.2, 0) is 4.79 Å². The van der Waals surface area contributed by atoms with E-state index in [1.807, 2.05) is 0 Å². The minimum absolute atomic E-state index is 0.0324. The molecule has 5 heteroatoms. The highest BCUT2D eigenvalue weighted by molar-refractivity contribution is 5.96. The van der Waals surface area contributed by atoms with Gasteiger partial charge in [-0.15, -0.1) is 0 Å². The van der Waals surface area contributed by atoms with E-state index < -0.39 is 0 Å². The quantitative estimate of drug-likeness (QED) is 0.775. The van der Waals surface area contributed by atoms with Gasteiger partial charge in [0.25, 0.3) is 5.91 Å².